The van der Waals surface area contributed by atoms with Gasteiger partial charge in [-0.1, -0.05) is 44.2 Å². The van der Waals surface area contributed by atoms with Gasteiger partial charge < -0.3 is 15.5 Å². The van der Waals surface area contributed by atoms with Gasteiger partial charge in [-0.05, 0) is 55.4 Å². The second kappa shape index (κ2) is 10.8. The first-order valence-corrected chi connectivity index (χ1v) is 11.1. The molecule has 5 nitrogen and oxygen atoms in total. The quantitative estimate of drug-likeness (QED) is 0.670. The Morgan fingerprint density at radius 3 is 2.50 bits per heavy atom. The van der Waals surface area contributed by atoms with E-state index in [1.165, 1.54) is 5.56 Å². The molecule has 2 aromatic rings. The molecule has 1 saturated heterocycles. The van der Waals surface area contributed by atoms with Crippen LogP contribution in [0, 0.1) is 5.92 Å². The second-order valence-corrected chi connectivity index (χ2v) is 8.19. The molecule has 5 heteroatoms. The van der Waals surface area contributed by atoms with E-state index >= 15 is 0 Å². The third kappa shape index (κ3) is 6.09. The van der Waals surface area contributed by atoms with Crippen molar-refractivity contribution in [2.75, 3.05) is 29.9 Å². The van der Waals surface area contributed by atoms with Gasteiger partial charge in [-0.2, -0.15) is 0 Å². The standard InChI is InChI=1S/C25H33N3O2/c1-3-7-24(29)27-21-10-11-23(28-16-13-19(2)14-17-28)22(18-21)25(30)26-15-12-20-8-5-4-6-9-20/h4-6,8-11,18-19H,3,7,12-17H2,1-2H3,(H,26,30)(H,27,29). The summed E-state index contributed by atoms with van der Waals surface area (Å²) >= 11 is 0. The van der Waals surface area contributed by atoms with E-state index < -0.39 is 0 Å². The van der Waals surface area contributed by atoms with Gasteiger partial charge in [0.25, 0.3) is 5.91 Å². The van der Waals surface area contributed by atoms with Crippen molar-refractivity contribution < 1.29 is 9.59 Å². The summed E-state index contributed by atoms with van der Waals surface area (Å²) in [5.41, 5.74) is 3.46. The highest BCUT2D eigenvalue weighted by Gasteiger charge is 2.21. The molecule has 1 aliphatic heterocycles. The van der Waals surface area contributed by atoms with Gasteiger partial charge >= 0.3 is 0 Å². The Balaban J connectivity index is 1.74. The predicted molar refractivity (Wildman–Crippen MR) is 123 cm³/mol. The molecule has 1 fully saturated rings. The normalized spacial score (nSPS) is 14.4. The van der Waals surface area contributed by atoms with E-state index in [1.807, 2.05) is 43.3 Å². The van der Waals surface area contributed by atoms with Gasteiger partial charge in [0.05, 0.1) is 5.56 Å². The number of benzene rings is 2. The molecule has 0 bridgehead atoms. The summed E-state index contributed by atoms with van der Waals surface area (Å²) in [6.45, 7) is 6.73. The van der Waals surface area contributed by atoms with Crippen LogP contribution in [0.1, 0.15) is 55.5 Å². The van der Waals surface area contributed by atoms with Crippen molar-refractivity contribution >= 4 is 23.2 Å². The van der Waals surface area contributed by atoms with Crippen molar-refractivity contribution in [1.82, 2.24) is 5.32 Å². The highest BCUT2D eigenvalue weighted by atomic mass is 16.2. The number of carbonyl (C=O) groups is 2. The minimum atomic E-state index is -0.0915. The Morgan fingerprint density at radius 1 is 1.07 bits per heavy atom. The summed E-state index contributed by atoms with van der Waals surface area (Å²) in [6, 6.07) is 15.8. The molecule has 0 aromatic heterocycles. The first kappa shape index (κ1) is 21.9. The molecule has 0 atom stereocenters. The van der Waals surface area contributed by atoms with E-state index in [2.05, 4.69) is 34.6 Å². The fourth-order valence-electron chi connectivity index (χ4n) is 3.83. The molecule has 0 saturated carbocycles. The van der Waals surface area contributed by atoms with E-state index in [-0.39, 0.29) is 11.8 Å². The van der Waals surface area contributed by atoms with Gasteiger partial charge in [0.15, 0.2) is 0 Å². The topological polar surface area (TPSA) is 61.4 Å². The van der Waals surface area contributed by atoms with Crippen LogP contribution in [0.3, 0.4) is 0 Å². The van der Waals surface area contributed by atoms with Crippen LogP contribution >= 0.6 is 0 Å². The lowest BCUT2D eigenvalue weighted by Gasteiger charge is -2.33. The SMILES string of the molecule is CCCC(=O)Nc1ccc(N2CCC(C)CC2)c(C(=O)NCCc2ccccc2)c1. The number of carbonyl (C=O) groups excluding carboxylic acids is 2. The first-order valence-electron chi connectivity index (χ1n) is 11.1. The highest BCUT2D eigenvalue weighted by Crippen LogP contribution is 2.29. The van der Waals surface area contributed by atoms with Crippen molar-refractivity contribution in [2.45, 2.75) is 46.0 Å². The molecule has 0 unspecified atom stereocenters. The van der Waals surface area contributed by atoms with Crippen molar-refractivity contribution in [3.05, 3.63) is 59.7 Å². The molecule has 160 valence electrons. The zero-order valence-electron chi connectivity index (χ0n) is 18.1. The number of hydrogen-bond acceptors (Lipinski definition) is 3. The second-order valence-electron chi connectivity index (χ2n) is 8.19. The third-order valence-electron chi connectivity index (χ3n) is 5.67. The Morgan fingerprint density at radius 2 is 1.80 bits per heavy atom. The summed E-state index contributed by atoms with van der Waals surface area (Å²) in [5, 5.41) is 5.98. The van der Waals surface area contributed by atoms with E-state index in [1.54, 1.807) is 0 Å². The van der Waals surface area contributed by atoms with Crippen molar-refractivity contribution in [2.24, 2.45) is 5.92 Å². The van der Waals surface area contributed by atoms with Gasteiger partial charge in [-0.25, -0.2) is 0 Å². The third-order valence-corrected chi connectivity index (χ3v) is 5.67. The van der Waals surface area contributed by atoms with E-state index in [9.17, 15) is 9.59 Å². The first-order chi connectivity index (χ1) is 14.6. The van der Waals surface area contributed by atoms with Gasteiger partial charge in [-0.3, -0.25) is 9.59 Å². The Hall–Kier alpha value is -2.82. The summed E-state index contributed by atoms with van der Waals surface area (Å²) in [4.78, 5) is 27.4. The van der Waals surface area contributed by atoms with Gasteiger partial charge in [0.2, 0.25) is 5.91 Å². The minimum Gasteiger partial charge on any atom is -0.371 e. The number of nitrogens with zero attached hydrogens (tertiary/aromatic N) is 1. The summed E-state index contributed by atoms with van der Waals surface area (Å²) in [5.74, 6) is 0.607. The fourth-order valence-corrected chi connectivity index (χ4v) is 3.83. The summed E-state index contributed by atoms with van der Waals surface area (Å²) < 4.78 is 0. The van der Waals surface area contributed by atoms with Crippen molar-refractivity contribution in [3.8, 4) is 0 Å². The van der Waals surface area contributed by atoms with E-state index in [0.717, 1.165) is 50.4 Å². The number of hydrogen-bond donors (Lipinski definition) is 2. The maximum atomic E-state index is 13.1. The molecule has 2 amide bonds. The molecule has 3 rings (SSSR count). The zero-order chi connectivity index (χ0) is 21.3. The van der Waals surface area contributed by atoms with E-state index in [4.69, 9.17) is 0 Å². The molecule has 0 spiro atoms. The Bertz CT molecular complexity index is 843. The average molecular weight is 408 g/mol. The van der Waals surface area contributed by atoms with Crippen LogP contribution in [0.5, 0.6) is 0 Å². The lowest BCUT2D eigenvalue weighted by molar-refractivity contribution is -0.116. The summed E-state index contributed by atoms with van der Waals surface area (Å²) in [7, 11) is 0. The Labute approximate surface area is 179 Å². The lowest BCUT2D eigenvalue weighted by atomic mass is 9.97. The smallest absolute Gasteiger partial charge is 0.253 e. The molecule has 2 aromatic carbocycles. The monoisotopic (exact) mass is 407 g/mol. The van der Waals surface area contributed by atoms with Crippen LogP contribution in [0.15, 0.2) is 48.5 Å². The van der Waals surface area contributed by atoms with Crippen LogP contribution < -0.4 is 15.5 Å². The van der Waals surface area contributed by atoms with Crippen LogP contribution in [-0.2, 0) is 11.2 Å². The molecular weight excluding hydrogens is 374 g/mol. The molecule has 0 aliphatic carbocycles. The molecular formula is C25H33N3O2. The number of nitrogens with one attached hydrogen (secondary N) is 2. The molecule has 0 radical (unpaired) electrons. The van der Waals surface area contributed by atoms with Crippen LogP contribution in [0.2, 0.25) is 0 Å². The summed E-state index contributed by atoms with van der Waals surface area (Å²) in [6.07, 6.45) is 4.32. The van der Waals surface area contributed by atoms with Gasteiger partial charge in [-0.15, -0.1) is 0 Å². The highest BCUT2D eigenvalue weighted by molar-refractivity contribution is 6.02. The average Bonchev–Trinajstić information content (AvgIpc) is 2.75. The van der Waals surface area contributed by atoms with Crippen LogP contribution in [0.25, 0.3) is 0 Å². The largest absolute Gasteiger partial charge is 0.371 e. The molecule has 1 aliphatic rings. The molecule has 2 N–H and O–H groups in total. The van der Waals surface area contributed by atoms with Gasteiger partial charge in [0, 0.05) is 37.4 Å². The van der Waals surface area contributed by atoms with Crippen molar-refractivity contribution in [3.63, 3.8) is 0 Å². The number of anilines is 2. The lowest BCUT2D eigenvalue weighted by Crippen LogP contribution is -2.35. The number of piperidine rings is 1. The number of rotatable bonds is 8. The predicted octanol–water partition coefficient (Wildman–Crippen LogP) is 4.63. The van der Waals surface area contributed by atoms with Gasteiger partial charge in [0.1, 0.15) is 0 Å². The maximum absolute atomic E-state index is 13.1. The zero-order valence-corrected chi connectivity index (χ0v) is 18.1. The molecule has 30 heavy (non-hydrogen) atoms. The molecule has 1 heterocycles. The Kier molecular flexibility index (Phi) is 7.89. The van der Waals surface area contributed by atoms with E-state index in [0.29, 0.717) is 24.2 Å². The van der Waals surface area contributed by atoms with Crippen LogP contribution in [0.4, 0.5) is 11.4 Å². The van der Waals surface area contributed by atoms with Crippen molar-refractivity contribution in [1.29, 1.82) is 0 Å². The fraction of sp³-hybridized carbons (Fsp3) is 0.440. The number of amides is 2. The minimum absolute atomic E-state index is 0.0208. The maximum Gasteiger partial charge on any atom is 0.253 e. The van der Waals surface area contributed by atoms with Crippen LogP contribution in [-0.4, -0.2) is 31.4 Å².